The maximum absolute atomic E-state index is 14.1. The Morgan fingerprint density at radius 2 is 1.87 bits per heavy atom. The maximum atomic E-state index is 14.1. The Kier molecular flexibility index (Phi) is 5.34. The number of likely N-dealkylation sites (tertiary alicyclic amines) is 2. The molecule has 1 saturated carbocycles. The topological polar surface area (TPSA) is 101 Å². The average Bonchev–Trinajstić information content (AvgIpc) is 3.42. The van der Waals surface area contributed by atoms with E-state index < -0.39 is 35.0 Å². The van der Waals surface area contributed by atoms with Gasteiger partial charge in [-0.25, -0.2) is 4.39 Å². The van der Waals surface area contributed by atoms with Gasteiger partial charge in [-0.05, 0) is 43.4 Å². The minimum absolute atomic E-state index is 0.166. The third-order valence-electron chi connectivity index (χ3n) is 6.77. The van der Waals surface area contributed by atoms with E-state index in [2.05, 4.69) is 0 Å². The van der Waals surface area contributed by atoms with Crippen molar-refractivity contribution in [2.75, 3.05) is 6.54 Å². The minimum atomic E-state index is -1.45. The van der Waals surface area contributed by atoms with Crippen LogP contribution in [0.15, 0.2) is 24.3 Å². The average molecular weight is 415 g/mol. The zero-order valence-corrected chi connectivity index (χ0v) is 16.8. The highest BCUT2D eigenvalue weighted by Gasteiger charge is 2.56. The van der Waals surface area contributed by atoms with Crippen molar-refractivity contribution in [3.8, 4) is 0 Å². The summed E-state index contributed by atoms with van der Waals surface area (Å²) in [5.74, 6) is -2.28. The molecular weight excluding hydrogens is 389 g/mol. The minimum Gasteiger partial charge on any atom is -0.368 e. The van der Waals surface area contributed by atoms with Crippen LogP contribution in [0.3, 0.4) is 0 Å². The fraction of sp³-hybridized carbons (Fsp3) is 0.545. The lowest BCUT2D eigenvalue weighted by Gasteiger charge is -2.31. The summed E-state index contributed by atoms with van der Waals surface area (Å²) in [7, 11) is 0. The highest BCUT2D eigenvalue weighted by Crippen LogP contribution is 2.43. The van der Waals surface area contributed by atoms with Crippen molar-refractivity contribution in [3.05, 3.63) is 35.6 Å². The Bertz CT molecular complexity index is 898. The van der Waals surface area contributed by atoms with Crippen molar-refractivity contribution in [2.45, 2.75) is 68.9 Å². The molecule has 4 amide bonds. The zero-order chi connectivity index (χ0) is 21.5. The summed E-state index contributed by atoms with van der Waals surface area (Å²) in [6.07, 6.45) is 4.06. The summed E-state index contributed by atoms with van der Waals surface area (Å²) in [6, 6.07) is 4.69. The zero-order valence-electron chi connectivity index (χ0n) is 16.8. The Hall–Kier alpha value is -2.77. The molecule has 2 heterocycles. The number of benzene rings is 1. The van der Waals surface area contributed by atoms with Crippen molar-refractivity contribution >= 4 is 23.6 Å². The molecule has 0 bridgehead atoms. The van der Waals surface area contributed by atoms with E-state index in [4.69, 9.17) is 5.73 Å². The van der Waals surface area contributed by atoms with Gasteiger partial charge in [0.15, 0.2) is 0 Å². The van der Waals surface area contributed by atoms with Crippen molar-refractivity contribution in [1.29, 1.82) is 0 Å². The quantitative estimate of drug-likeness (QED) is 0.739. The van der Waals surface area contributed by atoms with Gasteiger partial charge in [-0.15, -0.1) is 0 Å². The molecule has 1 unspecified atom stereocenters. The molecule has 3 fully saturated rings. The molecule has 0 spiro atoms. The third-order valence-corrected chi connectivity index (χ3v) is 6.77. The second-order valence-corrected chi connectivity index (χ2v) is 8.60. The molecule has 3 aliphatic rings. The van der Waals surface area contributed by atoms with Crippen molar-refractivity contribution in [3.63, 3.8) is 0 Å². The number of nitrogens with two attached hydrogens (primary N) is 1. The van der Waals surface area contributed by atoms with Crippen LogP contribution in [0, 0.1) is 5.82 Å². The molecule has 2 N–H and O–H groups in total. The van der Waals surface area contributed by atoms with Gasteiger partial charge in [0.05, 0.1) is 5.41 Å². The van der Waals surface area contributed by atoms with E-state index >= 15 is 0 Å². The molecule has 30 heavy (non-hydrogen) atoms. The second-order valence-electron chi connectivity index (χ2n) is 8.60. The standard InChI is InChI=1S/C22H26FN3O4/c23-15-6-3-5-14(11-15)22(12-18(27)25-10-4-9-17(25)20(24)29)13-19(28)26(21(22)30)16-7-1-2-8-16/h3,5-6,11,16-17H,1-2,4,7-10,12-13H2,(H2,24,29)/t17-,22?/m0/s1. The second kappa shape index (κ2) is 7.81. The summed E-state index contributed by atoms with van der Waals surface area (Å²) in [4.78, 5) is 54.2. The highest BCUT2D eigenvalue weighted by atomic mass is 19.1. The van der Waals surface area contributed by atoms with Crippen LogP contribution in [0.4, 0.5) is 4.39 Å². The van der Waals surface area contributed by atoms with Crippen LogP contribution < -0.4 is 5.73 Å². The summed E-state index contributed by atoms with van der Waals surface area (Å²) < 4.78 is 14.1. The molecule has 0 aromatic heterocycles. The molecule has 2 saturated heterocycles. The van der Waals surface area contributed by atoms with E-state index in [-0.39, 0.29) is 24.8 Å². The molecule has 8 heteroatoms. The molecule has 160 valence electrons. The Balaban J connectivity index is 1.70. The van der Waals surface area contributed by atoms with Gasteiger partial charge in [0.2, 0.25) is 23.6 Å². The Morgan fingerprint density at radius 1 is 1.13 bits per heavy atom. The highest BCUT2D eigenvalue weighted by molar-refractivity contribution is 6.11. The number of nitrogens with zero attached hydrogens (tertiary/aromatic N) is 2. The first-order valence-corrected chi connectivity index (χ1v) is 10.5. The summed E-state index contributed by atoms with van der Waals surface area (Å²) in [5, 5.41) is 0. The summed E-state index contributed by atoms with van der Waals surface area (Å²) in [5.41, 5.74) is 4.31. The summed E-state index contributed by atoms with van der Waals surface area (Å²) in [6.45, 7) is 0.375. The van der Waals surface area contributed by atoms with Gasteiger partial charge in [-0.2, -0.15) is 0 Å². The van der Waals surface area contributed by atoms with Crippen molar-refractivity contribution in [1.82, 2.24) is 9.80 Å². The molecule has 0 radical (unpaired) electrons. The fourth-order valence-corrected chi connectivity index (χ4v) is 5.27. The van der Waals surface area contributed by atoms with Crippen LogP contribution in [0.2, 0.25) is 0 Å². The molecular formula is C22H26FN3O4. The van der Waals surface area contributed by atoms with E-state index in [1.807, 2.05) is 0 Å². The smallest absolute Gasteiger partial charge is 0.241 e. The number of halogens is 1. The Morgan fingerprint density at radius 3 is 2.53 bits per heavy atom. The number of carbonyl (C=O) groups excluding carboxylic acids is 4. The van der Waals surface area contributed by atoms with Gasteiger partial charge >= 0.3 is 0 Å². The van der Waals surface area contributed by atoms with Crippen LogP contribution in [0.5, 0.6) is 0 Å². The van der Waals surface area contributed by atoms with Crippen molar-refractivity contribution in [2.24, 2.45) is 5.73 Å². The number of rotatable bonds is 5. The molecule has 2 atom stereocenters. The SMILES string of the molecule is NC(=O)[C@@H]1CCCN1C(=O)CC1(c2cccc(F)c2)CC(=O)N(C2CCCC2)C1=O. The van der Waals surface area contributed by atoms with Gasteiger partial charge in [0, 0.05) is 25.4 Å². The van der Waals surface area contributed by atoms with Gasteiger partial charge in [0.25, 0.3) is 0 Å². The van der Waals surface area contributed by atoms with E-state index in [0.29, 0.717) is 24.9 Å². The number of carbonyl (C=O) groups is 4. The molecule has 4 rings (SSSR count). The van der Waals surface area contributed by atoms with Crippen molar-refractivity contribution < 1.29 is 23.6 Å². The monoisotopic (exact) mass is 415 g/mol. The number of imide groups is 1. The first-order chi connectivity index (χ1) is 14.3. The van der Waals surface area contributed by atoms with E-state index in [0.717, 1.165) is 25.7 Å². The van der Waals surface area contributed by atoms with Crippen LogP contribution in [-0.4, -0.2) is 52.1 Å². The van der Waals surface area contributed by atoms with E-state index in [9.17, 15) is 23.6 Å². The predicted octanol–water partition coefficient (Wildman–Crippen LogP) is 1.63. The maximum Gasteiger partial charge on any atom is 0.241 e. The van der Waals surface area contributed by atoms with Crippen LogP contribution in [-0.2, 0) is 24.6 Å². The van der Waals surface area contributed by atoms with Crippen LogP contribution in [0.25, 0.3) is 0 Å². The van der Waals surface area contributed by atoms with E-state index in [1.54, 1.807) is 6.07 Å². The fourth-order valence-electron chi connectivity index (χ4n) is 5.27. The third kappa shape index (κ3) is 3.38. The first kappa shape index (κ1) is 20.5. The van der Waals surface area contributed by atoms with Crippen LogP contribution in [0.1, 0.15) is 56.9 Å². The summed E-state index contributed by atoms with van der Waals surface area (Å²) >= 11 is 0. The first-order valence-electron chi connectivity index (χ1n) is 10.5. The molecule has 7 nitrogen and oxygen atoms in total. The molecule has 1 aliphatic carbocycles. The van der Waals surface area contributed by atoms with Crippen LogP contribution >= 0.6 is 0 Å². The normalized spacial score (nSPS) is 27.3. The molecule has 1 aromatic carbocycles. The lowest BCUT2D eigenvalue weighted by Crippen LogP contribution is -2.48. The number of hydrogen-bond donors (Lipinski definition) is 1. The van der Waals surface area contributed by atoms with Gasteiger partial charge in [-0.3, -0.25) is 24.1 Å². The predicted molar refractivity (Wildman–Crippen MR) is 105 cm³/mol. The largest absolute Gasteiger partial charge is 0.368 e. The van der Waals surface area contributed by atoms with E-state index in [1.165, 1.54) is 28.0 Å². The van der Waals surface area contributed by atoms with Gasteiger partial charge in [0.1, 0.15) is 11.9 Å². The molecule has 1 aromatic rings. The number of amides is 4. The van der Waals surface area contributed by atoms with Gasteiger partial charge < -0.3 is 10.6 Å². The van der Waals surface area contributed by atoms with Gasteiger partial charge in [-0.1, -0.05) is 25.0 Å². The number of primary amides is 1. The lowest BCUT2D eigenvalue weighted by molar-refractivity contribution is -0.145. The lowest BCUT2D eigenvalue weighted by atomic mass is 9.75. The molecule has 2 aliphatic heterocycles. The number of hydrogen-bond acceptors (Lipinski definition) is 4. The Labute approximate surface area is 174 Å².